The van der Waals surface area contributed by atoms with Crippen LogP contribution in [0.25, 0.3) is 15.9 Å². The molecule has 0 unspecified atom stereocenters. The van der Waals surface area contributed by atoms with Crippen molar-refractivity contribution in [2.24, 2.45) is 0 Å². The molecule has 0 fully saturated rings. The van der Waals surface area contributed by atoms with Gasteiger partial charge in [-0.25, -0.2) is 9.48 Å². The van der Waals surface area contributed by atoms with Gasteiger partial charge in [-0.3, -0.25) is 4.79 Å². The molecule has 1 aromatic carbocycles. The number of hydrogen-bond donors (Lipinski definition) is 0. The molecule has 0 aliphatic heterocycles. The van der Waals surface area contributed by atoms with Gasteiger partial charge in [0.15, 0.2) is 0 Å². The van der Waals surface area contributed by atoms with Gasteiger partial charge in [0, 0.05) is 0 Å². The SMILES string of the molecule is COC(=O)c1nn(-c2ccc(C)cc2)c2sc(Cl)cc2c1=O. The number of hydrogen-bond acceptors (Lipinski definition) is 5. The zero-order valence-electron chi connectivity index (χ0n) is 11.8. The van der Waals surface area contributed by atoms with Crippen LogP contribution < -0.4 is 5.43 Å². The largest absolute Gasteiger partial charge is 0.464 e. The number of aryl methyl sites for hydroxylation is 1. The van der Waals surface area contributed by atoms with Gasteiger partial charge < -0.3 is 4.74 Å². The van der Waals surface area contributed by atoms with Crippen LogP contribution in [-0.2, 0) is 4.74 Å². The van der Waals surface area contributed by atoms with Crippen LogP contribution in [0, 0.1) is 6.92 Å². The van der Waals surface area contributed by atoms with Crippen molar-refractivity contribution in [1.29, 1.82) is 0 Å². The summed E-state index contributed by atoms with van der Waals surface area (Å²) in [5, 5.41) is 4.52. The number of esters is 1. The fraction of sp³-hybridized carbons (Fsp3) is 0.133. The fourth-order valence-electron chi connectivity index (χ4n) is 2.08. The molecule has 0 saturated heterocycles. The summed E-state index contributed by atoms with van der Waals surface area (Å²) in [6.45, 7) is 1.97. The average Bonchev–Trinajstić information content (AvgIpc) is 2.90. The average molecular weight is 335 g/mol. The monoisotopic (exact) mass is 334 g/mol. The van der Waals surface area contributed by atoms with Gasteiger partial charge in [0.25, 0.3) is 0 Å². The molecule has 0 aliphatic carbocycles. The highest BCUT2D eigenvalue weighted by Crippen LogP contribution is 2.28. The highest BCUT2D eigenvalue weighted by Gasteiger charge is 2.20. The Morgan fingerprint density at radius 3 is 2.64 bits per heavy atom. The van der Waals surface area contributed by atoms with E-state index in [9.17, 15) is 9.59 Å². The number of thiophene rings is 1. The lowest BCUT2D eigenvalue weighted by atomic mass is 10.2. The fourth-order valence-corrected chi connectivity index (χ4v) is 3.27. The van der Waals surface area contributed by atoms with Crippen molar-refractivity contribution in [2.75, 3.05) is 7.11 Å². The van der Waals surface area contributed by atoms with Crippen LogP contribution in [0.1, 0.15) is 16.1 Å². The lowest BCUT2D eigenvalue weighted by Crippen LogP contribution is -2.22. The Kier molecular flexibility index (Phi) is 3.72. The van der Waals surface area contributed by atoms with Gasteiger partial charge in [-0.1, -0.05) is 29.3 Å². The normalized spacial score (nSPS) is 10.9. The van der Waals surface area contributed by atoms with Gasteiger partial charge in [-0.05, 0) is 25.1 Å². The third-order valence-corrected chi connectivity index (χ3v) is 4.43. The number of carbonyl (C=O) groups excluding carboxylic acids is 1. The van der Waals surface area contributed by atoms with Gasteiger partial charge in [-0.2, -0.15) is 5.10 Å². The number of nitrogens with zero attached hydrogens (tertiary/aromatic N) is 2. The first-order valence-electron chi connectivity index (χ1n) is 6.39. The molecule has 3 aromatic rings. The molecule has 0 spiro atoms. The summed E-state index contributed by atoms with van der Waals surface area (Å²) in [5.74, 6) is -0.768. The van der Waals surface area contributed by atoms with Crippen molar-refractivity contribution in [3.05, 3.63) is 56.1 Å². The van der Waals surface area contributed by atoms with Crippen LogP contribution in [0.4, 0.5) is 0 Å². The molecule has 22 heavy (non-hydrogen) atoms. The van der Waals surface area contributed by atoms with Gasteiger partial charge in [0.05, 0.1) is 22.5 Å². The van der Waals surface area contributed by atoms with E-state index in [-0.39, 0.29) is 5.69 Å². The van der Waals surface area contributed by atoms with Crippen molar-refractivity contribution in [2.45, 2.75) is 6.92 Å². The molecular formula is C15H11ClN2O3S. The second-order valence-electron chi connectivity index (χ2n) is 4.69. The zero-order valence-corrected chi connectivity index (χ0v) is 13.4. The van der Waals surface area contributed by atoms with E-state index < -0.39 is 11.4 Å². The molecule has 0 bridgehead atoms. The lowest BCUT2D eigenvalue weighted by Gasteiger charge is -2.09. The quantitative estimate of drug-likeness (QED) is 0.675. The summed E-state index contributed by atoms with van der Waals surface area (Å²) in [5.41, 5.74) is 1.09. The van der Waals surface area contributed by atoms with Crippen molar-refractivity contribution in [3.63, 3.8) is 0 Å². The number of rotatable bonds is 2. The van der Waals surface area contributed by atoms with Crippen molar-refractivity contribution < 1.29 is 9.53 Å². The predicted molar refractivity (Wildman–Crippen MR) is 86.3 cm³/mol. The van der Waals surface area contributed by atoms with Crippen LogP contribution in [0.15, 0.2) is 35.1 Å². The van der Waals surface area contributed by atoms with E-state index in [1.165, 1.54) is 18.4 Å². The molecule has 0 aliphatic rings. The molecule has 112 valence electrons. The Balaban J connectivity index is 2.37. The Labute approximate surface area is 134 Å². The maximum absolute atomic E-state index is 12.4. The Bertz CT molecular complexity index is 928. The van der Waals surface area contributed by atoms with Gasteiger partial charge in [0.1, 0.15) is 4.83 Å². The summed E-state index contributed by atoms with van der Waals surface area (Å²) >= 11 is 7.26. The van der Waals surface area contributed by atoms with Crippen LogP contribution in [0.3, 0.4) is 0 Å². The van der Waals surface area contributed by atoms with Crippen molar-refractivity contribution >= 4 is 39.1 Å². The third kappa shape index (κ3) is 2.40. The summed E-state index contributed by atoms with van der Waals surface area (Å²) < 4.78 is 6.63. The first-order chi connectivity index (χ1) is 10.5. The van der Waals surface area contributed by atoms with Gasteiger partial charge >= 0.3 is 5.97 Å². The molecule has 7 heteroatoms. The minimum Gasteiger partial charge on any atom is -0.464 e. The lowest BCUT2D eigenvalue weighted by molar-refractivity contribution is 0.0590. The number of aromatic nitrogens is 2. The second kappa shape index (κ2) is 5.55. The van der Waals surface area contributed by atoms with Crippen LogP contribution in [-0.4, -0.2) is 22.9 Å². The van der Waals surface area contributed by atoms with E-state index in [2.05, 4.69) is 9.84 Å². The minimum atomic E-state index is -0.768. The minimum absolute atomic E-state index is 0.259. The molecule has 0 atom stereocenters. The first kappa shape index (κ1) is 14.7. The van der Waals surface area contributed by atoms with E-state index in [1.807, 2.05) is 31.2 Å². The number of halogens is 1. The van der Waals surface area contributed by atoms with Crippen LogP contribution in [0.2, 0.25) is 4.34 Å². The molecule has 0 N–H and O–H groups in total. The summed E-state index contributed by atoms with van der Waals surface area (Å²) in [7, 11) is 1.21. The van der Waals surface area contributed by atoms with Crippen molar-refractivity contribution in [3.8, 4) is 5.69 Å². The molecule has 0 radical (unpaired) electrons. The first-order valence-corrected chi connectivity index (χ1v) is 7.58. The topological polar surface area (TPSA) is 61.2 Å². The van der Waals surface area contributed by atoms with Gasteiger partial charge in [0.2, 0.25) is 11.1 Å². The van der Waals surface area contributed by atoms with E-state index in [4.69, 9.17) is 11.6 Å². The van der Waals surface area contributed by atoms with E-state index in [1.54, 1.807) is 10.7 Å². The number of carbonyl (C=O) groups is 1. The molecule has 0 amide bonds. The molecule has 0 saturated carbocycles. The molecular weight excluding hydrogens is 324 g/mol. The number of methoxy groups -OCH3 is 1. The number of benzene rings is 1. The van der Waals surface area contributed by atoms with Gasteiger partial charge in [-0.15, -0.1) is 11.3 Å². The Morgan fingerprint density at radius 2 is 2.00 bits per heavy atom. The van der Waals surface area contributed by atoms with Crippen LogP contribution in [0.5, 0.6) is 0 Å². The Morgan fingerprint density at radius 1 is 1.32 bits per heavy atom. The number of fused-ring (bicyclic) bond motifs is 1. The number of ether oxygens (including phenoxy) is 1. The molecule has 3 rings (SSSR count). The predicted octanol–water partition coefficient (Wildman–Crippen LogP) is 3.20. The maximum Gasteiger partial charge on any atom is 0.362 e. The molecule has 5 nitrogen and oxygen atoms in total. The summed E-state index contributed by atoms with van der Waals surface area (Å²) in [4.78, 5) is 24.7. The highest BCUT2D eigenvalue weighted by molar-refractivity contribution is 7.22. The van der Waals surface area contributed by atoms with E-state index >= 15 is 0 Å². The Hall–Kier alpha value is -2.18. The molecule has 2 heterocycles. The maximum atomic E-state index is 12.4. The van der Waals surface area contributed by atoms with E-state index in [0.717, 1.165) is 11.3 Å². The standard InChI is InChI=1S/C15H11ClN2O3S/c1-8-3-5-9(6-4-8)18-14-10(7-11(16)22-14)13(19)12(17-18)15(20)21-2/h3-7H,1-2H3. The molecule has 2 aromatic heterocycles. The zero-order chi connectivity index (χ0) is 15.9. The second-order valence-corrected chi connectivity index (χ2v) is 6.35. The third-order valence-electron chi connectivity index (χ3n) is 3.19. The van der Waals surface area contributed by atoms with Crippen molar-refractivity contribution in [1.82, 2.24) is 9.78 Å². The highest BCUT2D eigenvalue weighted by atomic mass is 35.5. The summed E-state index contributed by atoms with van der Waals surface area (Å²) in [6, 6.07) is 9.12. The summed E-state index contributed by atoms with van der Waals surface area (Å²) in [6.07, 6.45) is 0. The smallest absolute Gasteiger partial charge is 0.362 e. The van der Waals surface area contributed by atoms with Crippen LogP contribution >= 0.6 is 22.9 Å². The van der Waals surface area contributed by atoms with E-state index in [0.29, 0.717) is 14.6 Å².